The van der Waals surface area contributed by atoms with Crippen LogP contribution in [0, 0.1) is 0 Å². The molecular formula is C48H32N4. The summed E-state index contributed by atoms with van der Waals surface area (Å²) in [5, 5.41) is 1.20. The summed E-state index contributed by atoms with van der Waals surface area (Å²) in [6, 6.07) is 68.4. The van der Waals surface area contributed by atoms with Gasteiger partial charge in [0, 0.05) is 33.3 Å². The maximum absolute atomic E-state index is 5.21. The van der Waals surface area contributed by atoms with Crippen LogP contribution in [0.15, 0.2) is 194 Å². The summed E-state index contributed by atoms with van der Waals surface area (Å²) in [6.07, 6.45) is 0. The number of fused-ring (bicyclic) bond motifs is 5. The molecule has 0 aliphatic carbocycles. The maximum Gasteiger partial charge on any atom is 0.160 e. The highest BCUT2D eigenvalue weighted by Crippen LogP contribution is 2.42. The molecule has 0 unspecified atom stereocenters. The van der Waals surface area contributed by atoms with Crippen molar-refractivity contribution in [1.29, 1.82) is 0 Å². The minimum absolute atomic E-state index is 0.699. The van der Waals surface area contributed by atoms with E-state index >= 15 is 0 Å². The lowest BCUT2D eigenvalue weighted by atomic mass is 9.98. The molecule has 0 N–H and O–H groups in total. The van der Waals surface area contributed by atoms with Gasteiger partial charge in [0.1, 0.15) is 5.65 Å². The van der Waals surface area contributed by atoms with E-state index in [1.807, 2.05) is 24.3 Å². The predicted molar refractivity (Wildman–Crippen MR) is 215 cm³/mol. The zero-order valence-corrected chi connectivity index (χ0v) is 28.3. The molecule has 4 heteroatoms. The lowest BCUT2D eigenvalue weighted by molar-refractivity contribution is 1.15. The highest BCUT2D eigenvalue weighted by molar-refractivity contribution is 6.09. The smallest absolute Gasteiger partial charge is 0.160 e. The molecule has 0 spiro atoms. The second kappa shape index (κ2) is 12.4. The van der Waals surface area contributed by atoms with Gasteiger partial charge in [-0.05, 0) is 65.2 Å². The van der Waals surface area contributed by atoms with Gasteiger partial charge in [0.2, 0.25) is 0 Å². The minimum Gasteiger partial charge on any atom is -0.293 e. The van der Waals surface area contributed by atoms with Crippen LogP contribution in [-0.2, 0) is 0 Å². The highest BCUT2D eigenvalue weighted by atomic mass is 15.1. The van der Waals surface area contributed by atoms with E-state index in [-0.39, 0.29) is 0 Å². The lowest BCUT2D eigenvalue weighted by Crippen LogP contribution is -1.97. The van der Waals surface area contributed by atoms with Gasteiger partial charge in [0.25, 0.3) is 0 Å². The second-order valence-electron chi connectivity index (χ2n) is 13.1. The molecule has 0 atom stereocenters. The van der Waals surface area contributed by atoms with Crippen molar-refractivity contribution in [3.05, 3.63) is 194 Å². The molecule has 0 amide bonds. The first kappa shape index (κ1) is 29.8. The second-order valence-corrected chi connectivity index (χ2v) is 13.1. The number of imidazole rings is 1. The fraction of sp³-hybridized carbons (Fsp3) is 0. The van der Waals surface area contributed by atoms with E-state index in [0.29, 0.717) is 5.82 Å². The Kier molecular flexibility index (Phi) is 7.10. The molecule has 4 nitrogen and oxygen atoms in total. The molecule has 7 aromatic carbocycles. The largest absolute Gasteiger partial charge is 0.293 e. The van der Waals surface area contributed by atoms with Crippen molar-refractivity contribution < 1.29 is 0 Å². The van der Waals surface area contributed by atoms with Gasteiger partial charge in [-0.1, -0.05) is 146 Å². The van der Waals surface area contributed by atoms with E-state index in [1.54, 1.807) is 0 Å². The van der Waals surface area contributed by atoms with Crippen molar-refractivity contribution in [3.63, 3.8) is 0 Å². The Bertz CT molecular complexity index is 2890. The van der Waals surface area contributed by atoms with Gasteiger partial charge in [0.05, 0.1) is 27.9 Å². The first-order valence-corrected chi connectivity index (χ1v) is 17.6. The van der Waals surface area contributed by atoms with Crippen LogP contribution >= 0.6 is 0 Å². The van der Waals surface area contributed by atoms with Crippen molar-refractivity contribution in [2.45, 2.75) is 0 Å². The molecule has 52 heavy (non-hydrogen) atoms. The van der Waals surface area contributed by atoms with E-state index in [1.165, 1.54) is 27.5 Å². The maximum atomic E-state index is 5.21. The third-order valence-corrected chi connectivity index (χ3v) is 9.91. The molecular weight excluding hydrogens is 633 g/mol. The molecule has 244 valence electrons. The van der Waals surface area contributed by atoms with E-state index in [4.69, 9.17) is 9.97 Å². The van der Waals surface area contributed by atoms with Crippen molar-refractivity contribution in [2.24, 2.45) is 0 Å². The van der Waals surface area contributed by atoms with Crippen LogP contribution < -0.4 is 0 Å². The number of nitrogens with zero attached hydrogens (tertiary/aromatic N) is 4. The van der Waals surface area contributed by atoms with Crippen LogP contribution in [0.4, 0.5) is 0 Å². The summed E-state index contributed by atoms with van der Waals surface area (Å²) < 4.78 is 4.81. The van der Waals surface area contributed by atoms with Crippen LogP contribution in [0.1, 0.15) is 0 Å². The summed E-state index contributed by atoms with van der Waals surface area (Å²) in [6.45, 7) is 0. The quantitative estimate of drug-likeness (QED) is 0.177. The third kappa shape index (κ3) is 5.00. The van der Waals surface area contributed by atoms with Crippen LogP contribution in [0.25, 0.3) is 89.4 Å². The number of hydrogen-bond donors (Lipinski definition) is 0. The average Bonchev–Trinajstić information content (AvgIpc) is 3.74. The van der Waals surface area contributed by atoms with E-state index in [0.717, 1.165) is 56.1 Å². The normalized spacial score (nSPS) is 11.5. The molecule has 10 rings (SSSR count). The molecule has 0 aliphatic heterocycles. The van der Waals surface area contributed by atoms with Gasteiger partial charge in [-0.25, -0.2) is 9.97 Å². The summed E-state index contributed by atoms with van der Waals surface area (Å²) in [5.74, 6) is 0.699. The molecule has 3 aromatic heterocycles. The van der Waals surface area contributed by atoms with Gasteiger partial charge in [-0.15, -0.1) is 0 Å². The summed E-state index contributed by atoms with van der Waals surface area (Å²) in [4.78, 5) is 10.3. The molecule has 10 aromatic rings. The van der Waals surface area contributed by atoms with Crippen molar-refractivity contribution in [1.82, 2.24) is 18.9 Å². The predicted octanol–water partition coefficient (Wildman–Crippen LogP) is 12.2. The van der Waals surface area contributed by atoms with Crippen molar-refractivity contribution in [3.8, 4) is 61.8 Å². The fourth-order valence-corrected chi connectivity index (χ4v) is 7.54. The van der Waals surface area contributed by atoms with Gasteiger partial charge in [-0.3, -0.25) is 8.97 Å². The standard InChI is InChI=1S/C48H32N4/c1-4-16-33(17-5-1)35-20-14-21-36(30-35)41-32-42(50-47(49-41)34-18-6-2-7-19-34)37-22-15-23-38(31-37)46-40-26-10-11-27-43(40)52-45-29-13-12-28-44(45)51(48(46)52)39-24-8-3-9-25-39/h1-32H. The lowest BCUT2D eigenvalue weighted by Gasteiger charge is -2.12. The summed E-state index contributed by atoms with van der Waals surface area (Å²) >= 11 is 0. The molecule has 0 radical (unpaired) electrons. The van der Waals surface area contributed by atoms with Crippen LogP contribution in [0.5, 0.6) is 0 Å². The fourth-order valence-electron chi connectivity index (χ4n) is 7.54. The number of benzene rings is 7. The van der Waals surface area contributed by atoms with E-state index in [9.17, 15) is 0 Å². The summed E-state index contributed by atoms with van der Waals surface area (Å²) in [7, 11) is 0. The first-order valence-electron chi connectivity index (χ1n) is 17.6. The molecule has 0 saturated carbocycles. The number of para-hydroxylation sites is 4. The van der Waals surface area contributed by atoms with Gasteiger partial charge < -0.3 is 0 Å². The Morgan fingerprint density at radius 3 is 1.54 bits per heavy atom. The SMILES string of the molecule is c1ccc(-c2cccc(-c3cc(-c4cccc(-c5c6ccccc6n6c7ccccc7n(-c7ccccc7)c56)c4)nc(-c4ccccc4)n3)c2)cc1. The topological polar surface area (TPSA) is 35.1 Å². The Labute approximate surface area is 301 Å². The van der Waals surface area contributed by atoms with Crippen molar-refractivity contribution >= 4 is 27.6 Å². The Hall–Kier alpha value is -7.04. The van der Waals surface area contributed by atoms with Crippen LogP contribution in [0.3, 0.4) is 0 Å². The number of hydrogen-bond acceptors (Lipinski definition) is 2. The number of aromatic nitrogens is 4. The molecule has 0 bridgehead atoms. The van der Waals surface area contributed by atoms with Crippen LogP contribution in [-0.4, -0.2) is 18.9 Å². The van der Waals surface area contributed by atoms with Crippen LogP contribution in [0.2, 0.25) is 0 Å². The van der Waals surface area contributed by atoms with E-state index < -0.39 is 0 Å². The number of rotatable bonds is 6. The third-order valence-electron chi connectivity index (χ3n) is 9.91. The molecule has 0 aliphatic rings. The zero-order valence-electron chi connectivity index (χ0n) is 28.3. The van der Waals surface area contributed by atoms with Gasteiger partial charge >= 0.3 is 0 Å². The average molecular weight is 665 g/mol. The molecule has 0 saturated heterocycles. The first-order chi connectivity index (χ1) is 25.8. The Morgan fingerprint density at radius 2 is 0.846 bits per heavy atom. The van der Waals surface area contributed by atoms with Gasteiger partial charge in [0.15, 0.2) is 5.82 Å². The highest BCUT2D eigenvalue weighted by Gasteiger charge is 2.22. The molecule has 3 heterocycles. The zero-order chi connectivity index (χ0) is 34.4. The van der Waals surface area contributed by atoms with Gasteiger partial charge in [-0.2, -0.15) is 0 Å². The summed E-state index contributed by atoms with van der Waals surface area (Å²) in [5.41, 5.74) is 15.2. The Balaban J connectivity index is 1.20. The van der Waals surface area contributed by atoms with Crippen molar-refractivity contribution in [2.75, 3.05) is 0 Å². The minimum atomic E-state index is 0.699. The molecule has 0 fully saturated rings. The monoisotopic (exact) mass is 664 g/mol. The van der Waals surface area contributed by atoms with E-state index in [2.05, 4.69) is 179 Å². The Morgan fingerprint density at radius 1 is 0.346 bits per heavy atom.